The fraction of sp³-hybridized carbons (Fsp3) is 0.588. The van der Waals surface area contributed by atoms with Crippen molar-refractivity contribution in [3.05, 3.63) is 35.9 Å². The van der Waals surface area contributed by atoms with Crippen molar-refractivity contribution in [2.24, 2.45) is 0 Å². The first kappa shape index (κ1) is 14.5. The van der Waals surface area contributed by atoms with Gasteiger partial charge in [-0.3, -0.25) is 10.2 Å². The van der Waals surface area contributed by atoms with Gasteiger partial charge in [-0.25, -0.2) is 4.79 Å². The number of ether oxygens (including phenoxy) is 1. The first-order valence-electron chi connectivity index (χ1n) is 7.94. The fourth-order valence-corrected chi connectivity index (χ4v) is 3.11. The van der Waals surface area contributed by atoms with Gasteiger partial charge >= 0.3 is 5.97 Å². The lowest BCUT2D eigenvalue weighted by Crippen LogP contribution is -2.54. The summed E-state index contributed by atoms with van der Waals surface area (Å²) < 4.78 is 5.34. The number of nitrogens with zero attached hydrogens (tertiary/aromatic N) is 1. The van der Waals surface area contributed by atoms with Crippen molar-refractivity contribution in [3.63, 3.8) is 0 Å². The van der Waals surface area contributed by atoms with Crippen LogP contribution in [0.25, 0.3) is 0 Å². The lowest BCUT2D eigenvalue weighted by Gasteiger charge is -2.28. The van der Waals surface area contributed by atoms with E-state index in [1.165, 1.54) is 18.4 Å². The van der Waals surface area contributed by atoms with Crippen LogP contribution in [0.1, 0.15) is 31.7 Å². The van der Waals surface area contributed by atoms with Crippen molar-refractivity contribution in [2.75, 3.05) is 19.7 Å². The molecule has 0 aromatic heterocycles. The van der Waals surface area contributed by atoms with Gasteiger partial charge in [0.2, 0.25) is 0 Å². The molecule has 2 aliphatic rings. The Balaban J connectivity index is 1.68. The number of hydrogen-bond donors (Lipinski definition) is 1. The minimum Gasteiger partial charge on any atom is -0.465 e. The van der Waals surface area contributed by atoms with E-state index >= 15 is 0 Å². The molecule has 0 bridgehead atoms. The average molecular weight is 288 g/mol. The summed E-state index contributed by atoms with van der Waals surface area (Å²) in [5.41, 5.74) is 0.667. The van der Waals surface area contributed by atoms with Crippen LogP contribution in [0.5, 0.6) is 0 Å². The minimum absolute atomic E-state index is 0.0934. The van der Waals surface area contributed by atoms with E-state index in [1.807, 2.05) is 25.1 Å². The van der Waals surface area contributed by atoms with Gasteiger partial charge in [-0.05, 0) is 31.7 Å². The van der Waals surface area contributed by atoms with E-state index in [0.29, 0.717) is 19.2 Å². The van der Waals surface area contributed by atoms with Crippen molar-refractivity contribution in [1.82, 2.24) is 10.2 Å². The van der Waals surface area contributed by atoms with E-state index < -0.39 is 5.54 Å². The highest BCUT2D eigenvalue weighted by atomic mass is 16.5. The van der Waals surface area contributed by atoms with Gasteiger partial charge in [0.1, 0.15) is 5.54 Å². The van der Waals surface area contributed by atoms with Gasteiger partial charge < -0.3 is 4.74 Å². The molecule has 4 heteroatoms. The SMILES string of the molecule is CCOC(=O)C1(NCc2ccccc2)CCN(C2CC2)C1. The van der Waals surface area contributed by atoms with Crippen molar-refractivity contribution in [1.29, 1.82) is 0 Å². The predicted octanol–water partition coefficient (Wildman–Crippen LogP) is 1.95. The summed E-state index contributed by atoms with van der Waals surface area (Å²) in [6, 6.07) is 10.9. The fourth-order valence-electron chi connectivity index (χ4n) is 3.11. The normalized spacial score (nSPS) is 26.0. The first-order valence-corrected chi connectivity index (χ1v) is 7.94. The maximum Gasteiger partial charge on any atom is 0.327 e. The van der Waals surface area contributed by atoms with E-state index in [0.717, 1.165) is 19.5 Å². The van der Waals surface area contributed by atoms with E-state index in [-0.39, 0.29) is 5.97 Å². The van der Waals surface area contributed by atoms with Crippen LogP contribution in [0.3, 0.4) is 0 Å². The highest BCUT2D eigenvalue weighted by molar-refractivity contribution is 5.81. The molecule has 1 atom stereocenters. The molecule has 1 saturated heterocycles. The van der Waals surface area contributed by atoms with E-state index in [9.17, 15) is 4.79 Å². The highest BCUT2D eigenvalue weighted by Crippen LogP contribution is 2.34. The highest BCUT2D eigenvalue weighted by Gasteiger charge is 2.48. The van der Waals surface area contributed by atoms with Gasteiger partial charge in [0.05, 0.1) is 6.61 Å². The Morgan fingerprint density at radius 1 is 1.38 bits per heavy atom. The van der Waals surface area contributed by atoms with Crippen LogP contribution in [0.4, 0.5) is 0 Å². The summed E-state index contributed by atoms with van der Waals surface area (Å²) in [6.07, 6.45) is 3.39. The molecule has 1 aliphatic heterocycles. The Hall–Kier alpha value is -1.39. The van der Waals surface area contributed by atoms with Crippen LogP contribution in [0.2, 0.25) is 0 Å². The van der Waals surface area contributed by atoms with E-state index in [2.05, 4.69) is 22.3 Å². The Morgan fingerprint density at radius 2 is 2.14 bits per heavy atom. The molecule has 0 amide bonds. The molecule has 114 valence electrons. The quantitative estimate of drug-likeness (QED) is 0.812. The lowest BCUT2D eigenvalue weighted by atomic mass is 9.98. The molecule has 1 saturated carbocycles. The van der Waals surface area contributed by atoms with Crippen molar-refractivity contribution < 1.29 is 9.53 Å². The number of nitrogens with one attached hydrogen (secondary N) is 1. The summed E-state index contributed by atoms with van der Waals surface area (Å²) in [5, 5.41) is 3.49. The smallest absolute Gasteiger partial charge is 0.327 e. The van der Waals surface area contributed by atoms with E-state index in [4.69, 9.17) is 4.74 Å². The summed E-state index contributed by atoms with van der Waals surface area (Å²) in [6.45, 7) is 4.79. The molecule has 1 unspecified atom stereocenters. The number of carbonyl (C=O) groups is 1. The van der Waals surface area contributed by atoms with Gasteiger partial charge in [0, 0.05) is 25.7 Å². The first-order chi connectivity index (χ1) is 10.2. The Labute approximate surface area is 126 Å². The molecular formula is C17H24N2O2. The van der Waals surface area contributed by atoms with Crippen LogP contribution in [0.15, 0.2) is 30.3 Å². The van der Waals surface area contributed by atoms with Crippen LogP contribution in [-0.2, 0) is 16.1 Å². The second-order valence-corrected chi connectivity index (χ2v) is 6.09. The van der Waals surface area contributed by atoms with Crippen molar-refractivity contribution in [2.45, 2.75) is 44.3 Å². The second-order valence-electron chi connectivity index (χ2n) is 6.09. The number of benzene rings is 1. The summed E-state index contributed by atoms with van der Waals surface area (Å²) in [4.78, 5) is 14.9. The molecule has 2 fully saturated rings. The number of rotatable bonds is 6. The molecule has 1 aromatic rings. The number of likely N-dealkylation sites (tertiary alicyclic amines) is 1. The third kappa shape index (κ3) is 3.27. The largest absolute Gasteiger partial charge is 0.465 e. The monoisotopic (exact) mass is 288 g/mol. The summed E-state index contributed by atoms with van der Waals surface area (Å²) >= 11 is 0. The van der Waals surface area contributed by atoms with Crippen LogP contribution >= 0.6 is 0 Å². The predicted molar refractivity (Wildman–Crippen MR) is 81.9 cm³/mol. The topological polar surface area (TPSA) is 41.6 Å². The molecular weight excluding hydrogens is 264 g/mol. The third-order valence-electron chi connectivity index (χ3n) is 4.50. The van der Waals surface area contributed by atoms with Crippen LogP contribution < -0.4 is 5.32 Å². The van der Waals surface area contributed by atoms with Crippen molar-refractivity contribution >= 4 is 5.97 Å². The molecule has 1 aliphatic carbocycles. The molecule has 4 nitrogen and oxygen atoms in total. The summed E-state index contributed by atoms with van der Waals surface area (Å²) in [7, 11) is 0. The van der Waals surface area contributed by atoms with Gasteiger partial charge in [-0.1, -0.05) is 30.3 Å². The van der Waals surface area contributed by atoms with Gasteiger partial charge in [0.25, 0.3) is 0 Å². The summed E-state index contributed by atoms with van der Waals surface area (Å²) in [5.74, 6) is -0.0934. The molecule has 21 heavy (non-hydrogen) atoms. The molecule has 0 spiro atoms. The van der Waals surface area contributed by atoms with Gasteiger partial charge in [0.15, 0.2) is 0 Å². The van der Waals surface area contributed by atoms with Gasteiger partial charge in [-0.15, -0.1) is 0 Å². The maximum absolute atomic E-state index is 12.5. The van der Waals surface area contributed by atoms with Crippen molar-refractivity contribution in [3.8, 4) is 0 Å². The number of hydrogen-bond acceptors (Lipinski definition) is 4. The maximum atomic E-state index is 12.5. The number of carbonyl (C=O) groups excluding carboxylic acids is 1. The minimum atomic E-state index is -0.533. The Kier molecular flexibility index (Phi) is 4.27. The molecule has 3 rings (SSSR count). The lowest BCUT2D eigenvalue weighted by molar-refractivity contribution is -0.150. The zero-order chi connectivity index (χ0) is 14.7. The van der Waals surface area contributed by atoms with Crippen LogP contribution in [-0.4, -0.2) is 42.1 Å². The zero-order valence-corrected chi connectivity index (χ0v) is 12.7. The number of esters is 1. The van der Waals surface area contributed by atoms with Gasteiger partial charge in [-0.2, -0.15) is 0 Å². The molecule has 1 heterocycles. The molecule has 1 N–H and O–H groups in total. The Bertz CT molecular complexity index is 487. The zero-order valence-electron chi connectivity index (χ0n) is 12.7. The molecule has 0 radical (unpaired) electrons. The average Bonchev–Trinajstić information content (AvgIpc) is 3.27. The van der Waals surface area contributed by atoms with E-state index in [1.54, 1.807) is 0 Å². The van der Waals surface area contributed by atoms with Crippen LogP contribution in [0, 0.1) is 0 Å². The molecule has 1 aromatic carbocycles. The third-order valence-corrected chi connectivity index (χ3v) is 4.50. The standard InChI is InChI=1S/C17H24N2O2/c1-2-21-16(20)17(10-11-19(13-17)15-8-9-15)18-12-14-6-4-3-5-7-14/h3-7,15,18H,2,8-13H2,1H3. The Morgan fingerprint density at radius 3 is 2.81 bits per heavy atom. The second kappa shape index (κ2) is 6.16.